The fourth-order valence-electron chi connectivity index (χ4n) is 3.43. The zero-order valence-corrected chi connectivity index (χ0v) is 13.6. The predicted octanol–water partition coefficient (Wildman–Crippen LogP) is 4.13. The van der Waals surface area contributed by atoms with Gasteiger partial charge < -0.3 is 10.1 Å². The van der Waals surface area contributed by atoms with Crippen molar-refractivity contribution in [3.63, 3.8) is 0 Å². The molecule has 0 amide bonds. The Hall–Kier alpha value is -0.570. The summed E-state index contributed by atoms with van der Waals surface area (Å²) in [6, 6.07) is 6.64. The Bertz CT molecular complexity index is 441. The summed E-state index contributed by atoms with van der Waals surface area (Å²) in [5.41, 5.74) is 2.37. The van der Waals surface area contributed by atoms with E-state index in [0.29, 0.717) is 6.04 Å². The third-order valence-corrected chi connectivity index (χ3v) is 5.07. The van der Waals surface area contributed by atoms with Crippen LogP contribution in [0.25, 0.3) is 0 Å². The second-order valence-corrected chi connectivity index (χ2v) is 6.38. The normalized spacial score (nSPS) is 19.8. The van der Waals surface area contributed by atoms with Crippen LogP contribution in [0.2, 0.25) is 5.02 Å². The molecule has 0 heterocycles. The average Bonchev–Trinajstić information content (AvgIpc) is 2.47. The third-order valence-electron chi connectivity index (χ3n) is 4.72. The van der Waals surface area contributed by atoms with Crippen LogP contribution in [0.1, 0.15) is 43.2 Å². The molecule has 1 fully saturated rings. The van der Waals surface area contributed by atoms with Crippen LogP contribution in [0.15, 0.2) is 18.2 Å². The van der Waals surface area contributed by atoms with Crippen LogP contribution < -0.4 is 5.32 Å². The predicted molar refractivity (Wildman–Crippen MR) is 85.6 cm³/mol. The number of nitrogens with one attached hydrogen (secondary N) is 1. The first-order valence-electron chi connectivity index (χ1n) is 7.59. The van der Waals surface area contributed by atoms with Gasteiger partial charge in [0.05, 0.1) is 5.60 Å². The lowest BCUT2D eigenvalue weighted by Gasteiger charge is -2.42. The van der Waals surface area contributed by atoms with Gasteiger partial charge in [-0.1, -0.05) is 43.0 Å². The Kier molecular flexibility index (Phi) is 5.48. The number of halogens is 1. The molecule has 2 nitrogen and oxygen atoms in total. The highest BCUT2D eigenvalue weighted by atomic mass is 35.5. The van der Waals surface area contributed by atoms with E-state index in [1.807, 2.05) is 20.2 Å². The zero-order chi connectivity index (χ0) is 14.6. The monoisotopic (exact) mass is 295 g/mol. The molecule has 0 spiro atoms. The van der Waals surface area contributed by atoms with Crippen molar-refractivity contribution in [2.24, 2.45) is 0 Å². The smallest absolute Gasteiger partial charge is 0.0834 e. The first-order chi connectivity index (χ1) is 9.61. The molecule has 112 valence electrons. The van der Waals surface area contributed by atoms with Gasteiger partial charge in [-0.3, -0.25) is 0 Å². The number of rotatable bonds is 5. The number of benzene rings is 1. The van der Waals surface area contributed by atoms with Crippen molar-refractivity contribution in [1.82, 2.24) is 5.32 Å². The Balaban J connectivity index is 2.18. The van der Waals surface area contributed by atoms with Crippen molar-refractivity contribution >= 4 is 11.6 Å². The number of methoxy groups -OCH3 is 1. The molecule has 0 saturated heterocycles. The molecule has 1 aliphatic rings. The van der Waals surface area contributed by atoms with Crippen molar-refractivity contribution in [3.05, 3.63) is 34.3 Å². The number of likely N-dealkylation sites (N-methyl/N-ethyl adjacent to an activating group) is 1. The van der Waals surface area contributed by atoms with Crippen LogP contribution in [0.4, 0.5) is 0 Å². The highest BCUT2D eigenvalue weighted by molar-refractivity contribution is 6.31. The Morgan fingerprint density at radius 3 is 2.55 bits per heavy atom. The first-order valence-corrected chi connectivity index (χ1v) is 7.96. The van der Waals surface area contributed by atoms with Crippen molar-refractivity contribution in [1.29, 1.82) is 0 Å². The highest BCUT2D eigenvalue weighted by Gasteiger charge is 2.39. The molecule has 1 unspecified atom stereocenters. The van der Waals surface area contributed by atoms with E-state index in [-0.39, 0.29) is 5.60 Å². The van der Waals surface area contributed by atoms with Gasteiger partial charge in [0.2, 0.25) is 0 Å². The minimum Gasteiger partial charge on any atom is -0.377 e. The summed E-state index contributed by atoms with van der Waals surface area (Å²) in [6.45, 7) is 2.07. The molecule has 2 rings (SSSR count). The minimum absolute atomic E-state index is 0.0405. The molecule has 20 heavy (non-hydrogen) atoms. The molecule has 1 atom stereocenters. The largest absolute Gasteiger partial charge is 0.377 e. The maximum Gasteiger partial charge on any atom is 0.0834 e. The lowest BCUT2D eigenvalue weighted by molar-refractivity contribution is -0.0656. The van der Waals surface area contributed by atoms with E-state index in [1.165, 1.54) is 30.4 Å². The van der Waals surface area contributed by atoms with Gasteiger partial charge in [0.25, 0.3) is 0 Å². The van der Waals surface area contributed by atoms with E-state index in [4.69, 9.17) is 16.3 Å². The third kappa shape index (κ3) is 3.36. The average molecular weight is 296 g/mol. The molecule has 1 saturated carbocycles. The molecule has 3 heteroatoms. The number of aryl methyl sites for hydroxylation is 1. The van der Waals surface area contributed by atoms with Crippen LogP contribution in [0.3, 0.4) is 0 Å². The van der Waals surface area contributed by atoms with Crippen LogP contribution in [0.5, 0.6) is 0 Å². The number of hydrogen-bond donors (Lipinski definition) is 1. The lowest BCUT2D eigenvalue weighted by Crippen LogP contribution is -2.53. The van der Waals surface area contributed by atoms with Gasteiger partial charge in [-0.25, -0.2) is 0 Å². The molecule has 1 aromatic carbocycles. The molecule has 1 aromatic rings. The van der Waals surface area contributed by atoms with Crippen molar-refractivity contribution < 1.29 is 4.74 Å². The van der Waals surface area contributed by atoms with Gasteiger partial charge in [0.15, 0.2) is 0 Å². The van der Waals surface area contributed by atoms with Gasteiger partial charge in [0, 0.05) is 18.2 Å². The minimum atomic E-state index is -0.0405. The first kappa shape index (κ1) is 15.8. The molecule has 1 N–H and O–H groups in total. The molecule has 1 aliphatic carbocycles. The highest BCUT2D eigenvalue weighted by Crippen LogP contribution is 2.36. The van der Waals surface area contributed by atoms with E-state index in [0.717, 1.165) is 24.3 Å². The zero-order valence-electron chi connectivity index (χ0n) is 12.8. The van der Waals surface area contributed by atoms with Crippen molar-refractivity contribution in [2.75, 3.05) is 14.2 Å². The van der Waals surface area contributed by atoms with Crippen LogP contribution in [0, 0.1) is 6.92 Å². The van der Waals surface area contributed by atoms with Crippen LogP contribution >= 0.6 is 11.6 Å². The maximum absolute atomic E-state index is 6.39. The molecule has 0 aliphatic heterocycles. The van der Waals surface area contributed by atoms with Crippen LogP contribution in [-0.4, -0.2) is 25.8 Å². The summed E-state index contributed by atoms with van der Waals surface area (Å²) < 4.78 is 5.96. The summed E-state index contributed by atoms with van der Waals surface area (Å²) in [5.74, 6) is 0. The standard InChI is InChI=1S/C17H26ClNO/c1-13-7-8-14(15(18)11-13)12-16(19-2)17(20-3)9-5-4-6-10-17/h7-8,11,16,19H,4-6,9-10,12H2,1-3H3. The van der Waals surface area contributed by atoms with Crippen molar-refractivity contribution in [3.8, 4) is 0 Å². The summed E-state index contributed by atoms with van der Waals surface area (Å²) in [7, 11) is 3.88. The van der Waals surface area contributed by atoms with Gasteiger partial charge in [-0.15, -0.1) is 0 Å². The summed E-state index contributed by atoms with van der Waals surface area (Å²) >= 11 is 6.39. The SMILES string of the molecule is CNC(Cc1ccc(C)cc1Cl)C1(OC)CCCCC1. The molecule has 0 aromatic heterocycles. The summed E-state index contributed by atoms with van der Waals surface area (Å²) in [6.07, 6.45) is 7.04. The Morgan fingerprint density at radius 1 is 1.30 bits per heavy atom. The topological polar surface area (TPSA) is 21.3 Å². The van der Waals surface area contributed by atoms with E-state index in [2.05, 4.69) is 24.4 Å². The Labute approximate surface area is 127 Å². The lowest BCUT2D eigenvalue weighted by atomic mass is 9.77. The van der Waals surface area contributed by atoms with E-state index in [9.17, 15) is 0 Å². The second kappa shape index (κ2) is 6.93. The fraction of sp³-hybridized carbons (Fsp3) is 0.647. The second-order valence-electron chi connectivity index (χ2n) is 5.97. The van der Waals surface area contributed by atoms with Gasteiger partial charge in [0.1, 0.15) is 0 Å². The number of hydrogen-bond acceptors (Lipinski definition) is 2. The van der Waals surface area contributed by atoms with E-state index < -0.39 is 0 Å². The summed E-state index contributed by atoms with van der Waals surface area (Å²) in [5, 5.41) is 4.34. The van der Waals surface area contributed by atoms with E-state index in [1.54, 1.807) is 0 Å². The molecule has 0 bridgehead atoms. The summed E-state index contributed by atoms with van der Waals surface area (Å²) in [4.78, 5) is 0. The molecular weight excluding hydrogens is 270 g/mol. The molecule has 0 radical (unpaired) electrons. The number of ether oxygens (including phenoxy) is 1. The van der Waals surface area contributed by atoms with Gasteiger partial charge >= 0.3 is 0 Å². The van der Waals surface area contributed by atoms with Gasteiger partial charge in [-0.05, 0) is 50.4 Å². The van der Waals surface area contributed by atoms with E-state index >= 15 is 0 Å². The fourth-order valence-corrected chi connectivity index (χ4v) is 3.75. The van der Waals surface area contributed by atoms with Crippen LogP contribution in [-0.2, 0) is 11.2 Å². The van der Waals surface area contributed by atoms with Crippen molar-refractivity contribution in [2.45, 2.75) is 57.1 Å². The molecular formula is C17H26ClNO. The Morgan fingerprint density at radius 2 is 2.00 bits per heavy atom. The maximum atomic E-state index is 6.39. The quantitative estimate of drug-likeness (QED) is 0.882. The van der Waals surface area contributed by atoms with Gasteiger partial charge in [-0.2, -0.15) is 0 Å².